The van der Waals surface area contributed by atoms with Gasteiger partial charge in [0, 0.05) is 23.6 Å². The van der Waals surface area contributed by atoms with Crippen molar-refractivity contribution in [2.45, 2.75) is 18.9 Å². The van der Waals surface area contributed by atoms with E-state index in [1.54, 1.807) is 16.9 Å². The van der Waals surface area contributed by atoms with E-state index >= 15 is 0 Å². The summed E-state index contributed by atoms with van der Waals surface area (Å²) >= 11 is 1.37. The molecule has 0 spiro atoms. The number of fused-ring (bicyclic) bond motifs is 1. The summed E-state index contributed by atoms with van der Waals surface area (Å²) in [6.07, 6.45) is 3.40. The Hall–Kier alpha value is -3.26. The minimum Gasteiger partial charge on any atom is -0.325 e. The number of carbonyl (C=O) groups is 1. The molecule has 4 aromatic rings. The lowest BCUT2D eigenvalue weighted by molar-refractivity contribution is -0.113. The zero-order valence-electron chi connectivity index (χ0n) is 15.5. The van der Waals surface area contributed by atoms with Crippen LogP contribution in [0, 0.1) is 13.8 Å². The number of carbonyl (C=O) groups excluding carboxylic acids is 1. The number of hydrogen-bond acceptors (Lipinski definition) is 6. The van der Waals surface area contributed by atoms with E-state index in [0.29, 0.717) is 11.5 Å². The van der Waals surface area contributed by atoms with Gasteiger partial charge in [0.1, 0.15) is 5.03 Å². The van der Waals surface area contributed by atoms with E-state index in [1.807, 2.05) is 56.3 Å². The Morgan fingerprint density at radius 2 is 1.89 bits per heavy atom. The van der Waals surface area contributed by atoms with Crippen LogP contribution in [0.5, 0.6) is 0 Å². The molecule has 0 radical (unpaired) electrons. The number of nitrogens with zero attached hydrogens (tertiary/aromatic N) is 5. The second kappa shape index (κ2) is 7.77. The van der Waals surface area contributed by atoms with Gasteiger partial charge in [-0.3, -0.25) is 9.78 Å². The number of rotatable bonds is 5. The first-order valence-electron chi connectivity index (χ1n) is 8.73. The van der Waals surface area contributed by atoms with E-state index in [1.165, 1.54) is 11.8 Å². The largest absolute Gasteiger partial charge is 0.325 e. The number of benzene rings is 1. The molecule has 0 bridgehead atoms. The topological polar surface area (TPSA) is 85.1 Å². The molecular formula is C20H18N6OS. The highest BCUT2D eigenvalue weighted by Crippen LogP contribution is 2.21. The maximum Gasteiger partial charge on any atom is 0.234 e. The van der Waals surface area contributed by atoms with Crippen LogP contribution in [-0.2, 0) is 4.79 Å². The number of aromatic nitrogens is 5. The normalized spacial score (nSPS) is 10.9. The van der Waals surface area contributed by atoms with Gasteiger partial charge in [-0.25, -0.2) is 0 Å². The molecule has 0 fully saturated rings. The molecule has 0 saturated carbocycles. The number of amides is 1. The van der Waals surface area contributed by atoms with E-state index in [2.05, 4.69) is 25.6 Å². The minimum absolute atomic E-state index is 0.0706. The summed E-state index contributed by atoms with van der Waals surface area (Å²) in [5.41, 5.74) is 4.51. The van der Waals surface area contributed by atoms with E-state index < -0.39 is 0 Å². The fourth-order valence-corrected chi connectivity index (χ4v) is 3.38. The van der Waals surface area contributed by atoms with Gasteiger partial charge in [0.15, 0.2) is 11.5 Å². The van der Waals surface area contributed by atoms with Crippen LogP contribution in [0.3, 0.4) is 0 Å². The Labute approximate surface area is 166 Å². The van der Waals surface area contributed by atoms with Crippen molar-refractivity contribution < 1.29 is 4.79 Å². The van der Waals surface area contributed by atoms with Crippen molar-refractivity contribution in [2.24, 2.45) is 0 Å². The van der Waals surface area contributed by atoms with Crippen LogP contribution in [0.15, 0.2) is 59.9 Å². The number of nitrogens with one attached hydrogen (secondary N) is 1. The van der Waals surface area contributed by atoms with Gasteiger partial charge < -0.3 is 5.32 Å². The zero-order chi connectivity index (χ0) is 19.5. The molecule has 8 heteroatoms. The van der Waals surface area contributed by atoms with Crippen LogP contribution >= 0.6 is 11.8 Å². The molecular weight excluding hydrogens is 372 g/mol. The van der Waals surface area contributed by atoms with Crippen molar-refractivity contribution in [2.75, 3.05) is 11.1 Å². The highest BCUT2D eigenvalue weighted by molar-refractivity contribution is 7.99. The first kappa shape index (κ1) is 18.1. The molecule has 0 unspecified atom stereocenters. The van der Waals surface area contributed by atoms with E-state index in [-0.39, 0.29) is 11.7 Å². The van der Waals surface area contributed by atoms with Crippen LogP contribution in [0.2, 0.25) is 0 Å². The molecule has 0 aliphatic carbocycles. The van der Waals surface area contributed by atoms with Crippen LogP contribution < -0.4 is 5.32 Å². The van der Waals surface area contributed by atoms with Crippen LogP contribution in [-0.4, -0.2) is 36.5 Å². The molecule has 28 heavy (non-hydrogen) atoms. The van der Waals surface area contributed by atoms with Crippen molar-refractivity contribution in [3.63, 3.8) is 0 Å². The third-order valence-corrected chi connectivity index (χ3v) is 5.12. The maximum absolute atomic E-state index is 12.4. The Bertz CT molecular complexity index is 1140. The Balaban J connectivity index is 1.49. The molecule has 1 amide bonds. The monoisotopic (exact) mass is 390 g/mol. The zero-order valence-corrected chi connectivity index (χ0v) is 16.3. The van der Waals surface area contributed by atoms with Crippen molar-refractivity contribution >= 4 is 29.0 Å². The third kappa shape index (κ3) is 3.86. The highest BCUT2D eigenvalue weighted by Gasteiger charge is 2.11. The molecule has 7 nitrogen and oxygen atoms in total. The van der Waals surface area contributed by atoms with Crippen molar-refractivity contribution in [1.82, 2.24) is 24.8 Å². The molecule has 3 heterocycles. The van der Waals surface area contributed by atoms with Gasteiger partial charge in [-0.1, -0.05) is 23.9 Å². The van der Waals surface area contributed by atoms with Gasteiger partial charge in [-0.15, -0.1) is 10.2 Å². The molecule has 1 aromatic carbocycles. The van der Waals surface area contributed by atoms with E-state index in [0.717, 1.165) is 27.4 Å². The van der Waals surface area contributed by atoms with Crippen molar-refractivity contribution in [3.8, 4) is 11.4 Å². The summed E-state index contributed by atoms with van der Waals surface area (Å²) in [6, 6.07) is 13.4. The van der Waals surface area contributed by atoms with E-state index in [4.69, 9.17) is 0 Å². The summed E-state index contributed by atoms with van der Waals surface area (Å²) in [6.45, 7) is 3.98. The Morgan fingerprint density at radius 1 is 1.07 bits per heavy atom. The average molecular weight is 390 g/mol. The van der Waals surface area contributed by atoms with Crippen molar-refractivity contribution in [3.05, 3.63) is 66.0 Å². The summed E-state index contributed by atoms with van der Waals surface area (Å²) in [4.78, 5) is 16.4. The quantitative estimate of drug-likeness (QED) is 0.525. The summed E-state index contributed by atoms with van der Waals surface area (Å²) < 4.78 is 1.68. The van der Waals surface area contributed by atoms with Crippen molar-refractivity contribution in [1.29, 1.82) is 0 Å². The fraction of sp³-hybridized carbons (Fsp3) is 0.150. The second-order valence-corrected chi connectivity index (χ2v) is 7.35. The second-order valence-electron chi connectivity index (χ2n) is 6.36. The maximum atomic E-state index is 12.4. The molecule has 0 aliphatic rings. The predicted octanol–water partition coefficient (Wildman–Crippen LogP) is 3.53. The molecule has 0 atom stereocenters. The summed E-state index contributed by atoms with van der Waals surface area (Å²) in [5.74, 6) is 0.830. The number of anilines is 1. The van der Waals surface area contributed by atoms with Crippen LogP contribution in [0.25, 0.3) is 17.0 Å². The predicted molar refractivity (Wildman–Crippen MR) is 109 cm³/mol. The third-order valence-electron chi connectivity index (χ3n) is 4.20. The highest BCUT2D eigenvalue weighted by atomic mass is 32.2. The standard InChI is InChI=1S/C20H18N6OS/c1-13-3-4-14(2)16(11-13)22-18(27)12-28-19-6-5-17-23-24-20(26(17)25-19)15-7-9-21-10-8-15/h3-11H,12H2,1-2H3,(H,22,27). The average Bonchev–Trinajstić information content (AvgIpc) is 3.13. The number of pyridine rings is 1. The van der Waals surface area contributed by atoms with Gasteiger partial charge in [0.2, 0.25) is 5.91 Å². The molecule has 3 aromatic heterocycles. The summed E-state index contributed by atoms with van der Waals surface area (Å²) in [7, 11) is 0. The first-order chi connectivity index (χ1) is 13.6. The van der Waals surface area contributed by atoms with Gasteiger partial charge in [0.25, 0.3) is 0 Å². The Kier molecular flexibility index (Phi) is 5.03. The molecule has 1 N–H and O–H groups in total. The number of aryl methyl sites for hydroxylation is 2. The summed E-state index contributed by atoms with van der Waals surface area (Å²) in [5, 5.41) is 16.6. The molecule has 4 rings (SSSR count). The Morgan fingerprint density at radius 3 is 2.71 bits per heavy atom. The SMILES string of the molecule is Cc1ccc(C)c(NC(=O)CSc2ccc3nnc(-c4ccncc4)n3n2)c1. The first-order valence-corrected chi connectivity index (χ1v) is 9.71. The fourth-order valence-electron chi connectivity index (χ4n) is 2.73. The lowest BCUT2D eigenvalue weighted by atomic mass is 10.1. The minimum atomic E-state index is -0.0706. The van der Waals surface area contributed by atoms with Gasteiger partial charge in [0.05, 0.1) is 5.75 Å². The van der Waals surface area contributed by atoms with Crippen LogP contribution in [0.1, 0.15) is 11.1 Å². The van der Waals surface area contributed by atoms with Crippen LogP contribution in [0.4, 0.5) is 5.69 Å². The number of thioether (sulfide) groups is 1. The molecule has 0 aliphatic heterocycles. The smallest absolute Gasteiger partial charge is 0.234 e. The lowest BCUT2D eigenvalue weighted by Crippen LogP contribution is -2.15. The lowest BCUT2D eigenvalue weighted by Gasteiger charge is -2.09. The molecule has 0 saturated heterocycles. The van der Waals surface area contributed by atoms with Gasteiger partial charge >= 0.3 is 0 Å². The van der Waals surface area contributed by atoms with Gasteiger partial charge in [-0.2, -0.15) is 9.61 Å². The molecule has 140 valence electrons. The van der Waals surface area contributed by atoms with E-state index in [9.17, 15) is 4.79 Å². The number of hydrogen-bond donors (Lipinski definition) is 1. The van der Waals surface area contributed by atoms with Gasteiger partial charge in [-0.05, 0) is 55.3 Å².